The van der Waals surface area contributed by atoms with Gasteiger partial charge in [0.2, 0.25) is 0 Å². The Morgan fingerprint density at radius 3 is 2.36 bits per heavy atom. The highest BCUT2D eigenvalue weighted by Crippen LogP contribution is 2.21. The van der Waals surface area contributed by atoms with Crippen LogP contribution in [-0.2, 0) is 0 Å². The highest BCUT2D eigenvalue weighted by Gasteiger charge is 2.17. The van der Waals surface area contributed by atoms with Crippen molar-refractivity contribution in [3.05, 3.63) is 0 Å². The molecule has 0 aromatic carbocycles. The smallest absolute Gasteiger partial charge is 0.0656 e. The summed E-state index contributed by atoms with van der Waals surface area (Å²) in [7, 11) is 0. The summed E-state index contributed by atoms with van der Waals surface area (Å²) in [5.74, 6) is 0.244. The fraction of sp³-hybridized carbons (Fsp3) is 0.889. The summed E-state index contributed by atoms with van der Waals surface area (Å²) in [6.45, 7) is 4.00. The molecule has 64 valence electrons. The van der Waals surface area contributed by atoms with Crippen LogP contribution in [-0.4, -0.2) is 6.04 Å². The van der Waals surface area contributed by atoms with Crippen molar-refractivity contribution in [2.24, 2.45) is 11.7 Å². The third-order valence-electron chi connectivity index (χ3n) is 1.90. The van der Waals surface area contributed by atoms with E-state index >= 15 is 0 Å². The second kappa shape index (κ2) is 6.18. The van der Waals surface area contributed by atoms with Gasteiger partial charge in [-0.3, -0.25) is 0 Å². The van der Waals surface area contributed by atoms with E-state index in [1.165, 1.54) is 0 Å². The lowest BCUT2D eigenvalue weighted by Crippen LogP contribution is -2.26. The van der Waals surface area contributed by atoms with Crippen LogP contribution in [0.15, 0.2) is 0 Å². The summed E-state index contributed by atoms with van der Waals surface area (Å²) in [4.78, 5) is 0. The van der Waals surface area contributed by atoms with Crippen LogP contribution in [0.4, 0.5) is 0 Å². The van der Waals surface area contributed by atoms with E-state index in [1.807, 2.05) is 13.8 Å². The van der Waals surface area contributed by atoms with Crippen molar-refractivity contribution in [3.63, 3.8) is 0 Å². The largest absolute Gasteiger partial charge is 0.328 e. The van der Waals surface area contributed by atoms with Gasteiger partial charge in [0.05, 0.1) is 6.07 Å². The van der Waals surface area contributed by atoms with Gasteiger partial charge in [-0.15, -0.1) is 0 Å². The molecule has 1 rings (SSSR count). The lowest BCUT2D eigenvalue weighted by molar-refractivity contribution is 0.379. The maximum atomic E-state index is 8.50. The Morgan fingerprint density at radius 1 is 1.36 bits per heavy atom. The molecule has 2 atom stereocenters. The average molecular weight is 154 g/mol. The summed E-state index contributed by atoms with van der Waals surface area (Å²) in [5, 5.41) is 8.50. The van der Waals surface area contributed by atoms with Gasteiger partial charge in [0.1, 0.15) is 0 Å². The molecule has 0 heterocycles. The number of nitriles is 1. The topological polar surface area (TPSA) is 49.8 Å². The molecule has 2 N–H and O–H groups in total. The van der Waals surface area contributed by atoms with Gasteiger partial charge >= 0.3 is 0 Å². The van der Waals surface area contributed by atoms with Gasteiger partial charge in [-0.2, -0.15) is 5.26 Å². The molecule has 0 spiro atoms. The number of hydrogen-bond acceptors (Lipinski definition) is 2. The van der Waals surface area contributed by atoms with Crippen LogP contribution in [0.1, 0.15) is 39.5 Å². The summed E-state index contributed by atoms with van der Waals surface area (Å²) in [6, 6.07) is 2.55. The maximum Gasteiger partial charge on any atom is 0.0656 e. The van der Waals surface area contributed by atoms with E-state index in [0.29, 0.717) is 6.04 Å². The molecule has 0 radical (unpaired) electrons. The molecule has 11 heavy (non-hydrogen) atoms. The predicted octanol–water partition coefficient (Wildman–Crippen LogP) is 2.05. The van der Waals surface area contributed by atoms with Crippen LogP contribution < -0.4 is 5.73 Å². The SMILES string of the molecule is CC.N#CC1CCCC(N)C1. The lowest BCUT2D eigenvalue weighted by atomic mass is 9.87. The number of hydrogen-bond donors (Lipinski definition) is 1. The molecule has 0 saturated heterocycles. The molecule has 0 aromatic rings. The zero-order valence-electron chi connectivity index (χ0n) is 7.51. The zero-order chi connectivity index (χ0) is 8.69. The molecular weight excluding hydrogens is 136 g/mol. The van der Waals surface area contributed by atoms with Gasteiger partial charge in [0.15, 0.2) is 0 Å². The molecule has 0 aromatic heterocycles. The van der Waals surface area contributed by atoms with E-state index in [9.17, 15) is 0 Å². The Morgan fingerprint density at radius 2 is 2.00 bits per heavy atom. The fourth-order valence-electron chi connectivity index (χ4n) is 1.34. The molecule has 2 heteroatoms. The van der Waals surface area contributed by atoms with Gasteiger partial charge in [0, 0.05) is 12.0 Å². The van der Waals surface area contributed by atoms with Crippen LogP contribution >= 0.6 is 0 Å². The first-order chi connectivity index (χ1) is 5.33. The second-order valence-corrected chi connectivity index (χ2v) is 2.75. The Balaban J connectivity index is 0.000000461. The first-order valence-electron chi connectivity index (χ1n) is 4.48. The number of rotatable bonds is 0. The lowest BCUT2D eigenvalue weighted by Gasteiger charge is -2.20. The predicted molar refractivity (Wildman–Crippen MR) is 46.9 cm³/mol. The van der Waals surface area contributed by atoms with Gasteiger partial charge in [-0.05, 0) is 19.3 Å². The number of nitrogens with two attached hydrogens (primary N) is 1. The van der Waals surface area contributed by atoms with E-state index in [1.54, 1.807) is 0 Å². The molecule has 0 aliphatic heterocycles. The van der Waals surface area contributed by atoms with Crippen LogP contribution in [0.25, 0.3) is 0 Å². The highest BCUT2D eigenvalue weighted by atomic mass is 14.6. The molecular formula is C9H18N2. The Hall–Kier alpha value is -0.550. The highest BCUT2D eigenvalue weighted by molar-refractivity contribution is 4.88. The summed E-state index contributed by atoms with van der Waals surface area (Å²) >= 11 is 0. The van der Waals surface area contributed by atoms with E-state index in [4.69, 9.17) is 11.0 Å². The van der Waals surface area contributed by atoms with Gasteiger partial charge < -0.3 is 5.73 Å². The Labute approximate surface area is 69.4 Å². The minimum atomic E-state index is 0.244. The van der Waals surface area contributed by atoms with Crippen molar-refractivity contribution in [2.45, 2.75) is 45.6 Å². The van der Waals surface area contributed by atoms with Crippen LogP contribution in [0.3, 0.4) is 0 Å². The standard InChI is InChI=1S/C7H12N2.C2H6/c8-5-6-2-1-3-7(9)4-6;1-2/h6-7H,1-4,9H2;1-2H3. The van der Waals surface area contributed by atoms with E-state index in [0.717, 1.165) is 25.7 Å². The molecule has 0 bridgehead atoms. The zero-order valence-corrected chi connectivity index (χ0v) is 7.51. The van der Waals surface area contributed by atoms with Crippen LogP contribution in [0.5, 0.6) is 0 Å². The molecule has 2 unspecified atom stereocenters. The first kappa shape index (κ1) is 10.4. The molecule has 1 aliphatic rings. The summed E-state index contributed by atoms with van der Waals surface area (Å²) in [5.41, 5.74) is 5.65. The Kier molecular flexibility index (Phi) is 5.87. The van der Waals surface area contributed by atoms with Crippen molar-refractivity contribution in [2.75, 3.05) is 0 Å². The quantitative estimate of drug-likeness (QED) is 0.580. The van der Waals surface area contributed by atoms with Crippen molar-refractivity contribution < 1.29 is 0 Å². The molecule has 1 saturated carbocycles. The van der Waals surface area contributed by atoms with Gasteiger partial charge in [-0.25, -0.2) is 0 Å². The Bertz CT molecular complexity index is 126. The molecule has 1 aliphatic carbocycles. The fourth-order valence-corrected chi connectivity index (χ4v) is 1.34. The van der Waals surface area contributed by atoms with Crippen molar-refractivity contribution in [1.82, 2.24) is 0 Å². The molecule has 2 nitrogen and oxygen atoms in total. The van der Waals surface area contributed by atoms with Crippen molar-refractivity contribution in [1.29, 1.82) is 5.26 Å². The normalized spacial score (nSPS) is 29.6. The van der Waals surface area contributed by atoms with E-state index in [2.05, 4.69) is 6.07 Å². The van der Waals surface area contributed by atoms with Crippen molar-refractivity contribution in [3.8, 4) is 6.07 Å². The third-order valence-corrected chi connectivity index (χ3v) is 1.90. The minimum absolute atomic E-state index is 0.244. The minimum Gasteiger partial charge on any atom is -0.328 e. The maximum absolute atomic E-state index is 8.50. The molecule has 0 amide bonds. The molecule has 1 fully saturated rings. The van der Waals surface area contributed by atoms with Gasteiger partial charge in [-0.1, -0.05) is 20.3 Å². The van der Waals surface area contributed by atoms with Crippen LogP contribution in [0.2, 0.25) is 0 Å². The summed E-state index contributed by atoms with van der Waals surface area (Å²) in [6.07, 6.45) is 4.22. The van der Waals surface area contributed by atoms with Crippen LogP contribution in [0, 0.1) is 17.2 Å². The van der Waals surface area contributed by atoms with Gasteiger partial charge in [0.25, 0.3) is 0 Å². The third kappa shape index (κ3) is 4.00. The average Bonchev–Trinajstić information content (AvgIpc) is 2.08. The number of nitrogens with zero attached hydrogens (tertiary/aromatic N) is 1. The van der Waals surface area contributed by atoms with E-state index in [-0.39, 0.29) is 5.92 Å². The van der Waals surface area contributed by atoms with Crippen molar-refractivity contribution >= 4 is 0 Å². The summed E-state index contributed by atoms with van der Waals surface area (Å²) < 4.78 is 0. The monoisotopic (exact) mass is 154 g/mol. The second-order valence-electron chi connectivity index (χ2n) is 2.75. The first-order valence-corrected chi connectivity index (χ1v) is 4.48. The van der Waals surface area contributed by atoms with E-state index < -0.39 is 0 Å².